The fraction of sp³-hybridized carbons (Fsp3) is 0.235. The van der Waals surface area contributed by atoms with Crippen LogP contribution in [0.1, 0.15) is 36.7 Å². The first-order valence-electron chi connectivity index (χ1n) is 6.79. The van der Waals surface area contributed by atoms with Crippen molar-refractivity contribution < 1.29 is 9.90 Å². The van der Waals surface area contributed by atoms with Gasteiger partial charge in [-0.15, -0.1) is 0 Å². The van der Waals surface area contributed by atoms with E-state index in [4.69, 9.17) is 23.2 Å². The summed E-state index contributed by atoms with van der Waals surface area (Å²) >= 11 is 12.0. The Bertz CT molecular complexity index is 721. The Hall–Kier alpha value is -1.71. The highest BCUT2D eigenvalue weighted by Crippen LogP contribution is 2.32. The molecule has 22 heavy (non-hydrogen) atoms. The molecule has 0 heterocycles. The highest BCUT2D eigenvalue weighted by Gasteiger charge is 2.18. The number of carbonyl (C=O) groups is 1. The van der Waals surface area contributed by atoms with E-state index in [1.807, 2.05) is 6.07 Å². The van der Waals surface area contributed by atoms with Crippen molar-refractivity contribution in [3.8, 4) is 5.75 Å². The molecule has 0 aliphatic rings. The third kappa shape index (κ3) is 3.54. The van der Waals surface area contributed by atoms with E-state index in [9.17, 15) is 9.90 Å². The third-order valence-corrected chi connectivity index (χ3v) is 4.13. The van der Waals surface area contributed by atoms with Gasteiger partial charge in [-0.25, -0.2) is 0 Å². The number of aromatic hydroxyl groups is 1. The van der Waals surface area contributed by atoms with Gasteiger partial charge in [-0.05, 0) is 35.2 Å². The van der Waals surface area contributed by atoms with Gasteiger partial charge in [-0.1, -0.05) is 56.1 Å². The number of phenols is 1. The van der Waals surface area contributed by atoms with Gasteiger partial charge in [0.25, 0.3) is 5.91 Å². The molecule has 0 aromatic heterocycles. The number of amides is 1. The molecular weight excluding hydrogens is 321 g/mol. The van der Waals surface area contributed by atoms with E-state index in [2.05, 4.69) is 26.1 Å². The summed E-state index contributed by atoms with van der Waals surface area (Å²) in [5, 5.41) is 13.1. The van der Waals surface area contributed by atoms with Gasteiger partial charge in [-0.3, -0.25) is 4.79 Å². The second kappa shape index (κ2) is 6.19. The summed E-state index contributed by atoms with van der Waals surface area (Å²) in [5.41, 5.74) is 1.50. The molecule has 2 aromatic carbocycles. The number of halogens is 2. The lowest BCUT2D eigenvalue weighted by Crippen LogP contribution is -2.15. The Morgan fingerprint density at radius 1 is 1.14 bits per heavy atom. The summed E-state index contributed by atoms with van der Waals surface area (Å²) < 4.78 is 0. The number of hydrogen-bond donors (Lipinski definition) is 2. The summed E-state index contributed by atoms with van der Waals surface area (Å²) in [7, 11) is 0. The Morgan fingerprint density at radius 2 is 1.82 bits per heavy atom. The normalized spacial score (nSPS) is 11.3. The third-order valence-electron chi connectivity index (χ3n) is 3.31. The van der Waals surface area contributed by atoms with Crippen molar-refractivity contribution in [1.82, 2.24) is 0 Å². The van der Waals surface area contributed by atoms with Crippen molar-refractivity contribution in [2.24, 2.45) is 0 Å². The molecular formula is C17H17Cl2NO2. The summed E-state index contributed by atoms with van der Waals surface area (Å²) in [6.45, 7) is 6.16. The van der Waals surface area contributed by atoms with Crippen LogP contribution < -0.4 is 5.32 Å². The number of carbonyl (C=O) groups excluding carboxylic acids is 1. The maximum atomic E-state index is 12.3. The number of rotatable bonds is 2. The largest absolute Gasteiger partial charge is 0.506 e. The van der Waals surface area contributed by atoms with E-state index >= 15 is 0 Å². The van der Waals surface area contributed by atoms with Crippen molar-refractivity contribution in [1.29, 1.82) is 0 Å². The molecule has 0 atom stereocenters. The van der Waals surface area contributed by atoms with Gasteiger partial charge in [0.2, 0.25) is 0 Å². The Morgan fingerprint density at radius 3 is 2.45 bits per heavy atom. The maximum absolute atomic E-state index is 12.3. The van der Waals surface area contributed by atoms with E-state index in [0.29, 0.717) is 10.7 Å². The molecule has 0 spiro atoms. The molecule has 3 nitrogen and oxygen atoms in total. The van der Waals surface area contributed by atoms with E-state index in [1.165, 1.54) is 0 Å². The molecule has 0 bridgehead atoms. The minimum absolute atomic E-state index is 0.000462. The number of nitrogens with one attached hydrogen (secondary N) is 1. The quantitative estimate of drug-likeness (QED) is 0.735. The van der Waals surface area contributed by atoms with Crippen molar-refractivity contribution in [2.75, 3.05) is 5.32 Å². The predicted octanol–water partition coefficient (Wildman–Crippen LogP) is 5.25. The van der Waals surface area contributed by atoms with Crippen LogP contribution in [0.15, 0.2) is 36.4 Å². The van der Waals surface area contributed by atoms with Crippen LogP contribution in [0.5, 0.6) is 5.75 Å². The van der Waals surface area contributed by atoms with E-state index in [1.54, 1.807) is 30.3 Å². The summed E-state index contributed by atoms with van der Waals surface area (Å²) in [6, 6.07) is 9.99. The highest BCUT2D eigenvalue weighted by molar-refractivity contribution is 6.44. The molecule has 0 aliphatic carbocycles. The van der Waals surface area contributed by atoms with Crippen LogP contribution in [0.4, 0.5) is 5.69 Å². The van der Waals surface area contributed by atoms with E-state index in [0.717, 1.165) is 5.56 Å². The first-order chi connectivity index (χ1) is 10.2. The van der Waals surface area contributed by atoms with Crippen molar-refractivity contribution in [3.63, 3.8) is 0 Å². The minimum atomic E-state index is -0.422. The van der Waals surface area contributed by atoms with E-state index in [-0.39, 0.29) is 21.8 Å². The van der Waals surface area contributed by atoms with Gasteiger partial charge in [0.1, 0.15) is 5.75 Å². The van der Waals surface area contributed by atoms with Crippen molar-refractivity contribution >= 4 is 34.8 Å². The zero-order chi connectivity index (χ0) is 16.5. The fourth-order valence-corrected chi connectivity index (χ4v) is 2.36. The van der Waals surface area contributed by atoms with Crippen molar-refractivity contribution in [3.05, 3.63) is 57.6 Å². The molecule has 2 aromatic rings. The van der Waals surface area contributed by atoms with Crippen LogP contribution in [-0.4, -0.2) is 11.0 Å². The molecule has 0 fully saturated rings. The maximum Gasteiger partial charge on any atom is 0.257 e. The van der Waals surface area contributed by atoms with Crippen LogP contribution in [-0.2, 0) is 5.41 Å². The lowest BCUT2D eigenvalue weighted by Gasteiger charge is -2.20. The van der Waals surface area contributed by atoms with E-state index < -0.39 is 5.91 Å². The van der Waals surface area contributed by atoms with Gasteiger partial charge >= 0.3 is 0 Å². The Balaban J connectivity index is 2.34. The molecule has 0 radical (unpaired) electrons. The lowest BCUT2D eigenvalue weighted by atomic mass is 9.87. The molecule has 5 heteroatoms. The van der Waals surface area contributed by atoms with Gasteiger partial charge in [0.05, 0.1) is 21.3 Å². The monoisotopic (exact) mass is 337 g/mol. The van der Waals surface area contributed by atoms with Gasteiger partial charge in [0, 0.05) is 0 Å². The zero-order valence-corrected chi connectivity index (χ0v) is 14.1. The van der Waals surface area contributed by atoms with Crippen LogP contribution in [0.25, 0.3) is 0 Å². The smallest absolute Gasteiger partial charge is 0.257 e. The molecule has 2 rings (SSSR count). The van der Waals surface area contributed by atoms with Crippen LogP contribution >= 0.6 is 23.2 Å². The van der Waals surface area contributed by atoms with Crippen LogP contribution in [0.3, 0.4) is 0 Å². The molecule has 0 saturated carbocycles. The molecule has 2 N–H and O–H groups in total. The van der Waals surface area contributed by atoms with Gasteiger partial charge in [0.15, 0.2) is 0 Å². The zero-order valence-electron chi connectivity index (χ0n) is 12.6. The first kappa shape index (κ1) is 16.7. The average Bonchev–Trinajstić information content (AvgIpc) is 2.43. The van der Waals surface area contributed by atoms with Crippen LogP contribution in [0, 0.1) is 0 Å². The van der Waals surface area contributed by atoms with Gasteiger partial charge < -0.3 is 10.4 Å². The summed E-state index contributed by atoms with van der Waals surface area (Å²) in [5.74, 6) is -0.423. The summed E-state index contributed by atoms with van der Waals surface area (Å²) in [4.78, 5) is 12.3. The molecule has 1 amide bonds. The topological polar surface area (TPSA) is 49.3 Å². The van der Waals surface area contributed by atoms with Gasteiger partial charge in [-0.2, -0.15) is 0 Å². The molecule has 116 valence electrons. The predicted molar refractivity (Wildman–Crippen MR) is 91.2 cm³/mol. The van der Waals surface area contributed by atoms with Crippen LogP contribution in [0.2, 0.25) is 10.0 Å². The first-order valence-corrected chi connectivity index (χ1v) is 7.54. The second-order valence-corrected chi connectivity index (χ2v) is 6.82. The number of anilines is 1. The fourth-order valence-electron chi connectivity index (χ4n) is 1.97. The number of hydrogen-bond acceptors (Lipinski definition) is 2. The SMILES string of the molecule is CC(C)(C)c1ccc(O)c(NC(=O)c2cccc(Cl)c2Cl)c1. The Labute approximate surface area is 139 Å². The second-order valence-electron chi connectivity index (χ2n) is 6.04. The lowest BCUT2D eigenvalue weighted by molar-refractivity contribution is 0.102. The standard InChI is InChI=1S/C17H17Cl2NO2/c1-17(2,3)10-7-8-14(21)13(9-10)20-16(22)11-5-4-6-12(18)15(11)19/h4-9,21H,1-3H3,(H,20,22). The number of phenolic OH excluding ortho intramolecular Hbond substituents is 1. The molecule has 0 saturated heterocycles. The van der Waals surface area contributed by atoms with Crippen molar-refractivity contribution in [2.45, 2.75) is 26.2 Å². The number of benzene rings is 2. The molecule has 0 unspecified atom stereocenters. The highest BCUT2D eigenvalue weighted by atomic mass is 35.5. The summed E-state index contributed by atoms with van der Waals surface area (Å²) in [6.07, 6.45) is 0. The Kier molecular flexibility index (Phi) is 4.69. The average molecular weight is 338 g/mol. The minimum Gasteiger partial charge on any atom is -0.506 e. The molecule has 0 aliphatic heterocycles.